The maximum Gasteiger partial charge on any atom is 0.160 e. The Hall–Kier alpha value is -5.71. The highest BCUT2D eigenvalue weighted by molar-refractivity contribution is 6.39. The van der Waals surface area contributed by atoms with E-state index in [-0.39, 0.29) is 5.92 Å². The Kier molecular flexibility index (Phi) is 6.84. The van der Waals surface area contributed by atoms with Crippen molar-refractivity contribution < 1.29 is 4.42 Å². The van der Waals surface area contributed by atoms with Crippen LogP contribution >= 0.6 is 11.6 Å². The largest absolute Gasteiger partial charge is 0.456 e. The summed E-state index contributed by atoms with van der Waals surface area (Å²) in [4.78, 5) is 10.6. The molecule has 6 aromatic carbocycles. The number of nitrogens with zero attached hydrogens (tertiary/aromatic N) is 3. The standard InChI is InChI=1S/C43H30ClN3O/c1-27-20-24-35(33-23-25-39-40(41(33)44)34-17-9-11-19-38(34)48-39)45-43(28-12-4-2-5-13-28)46-42(27)29-21-22-32-31-16-8-10-18-36(31)47(37(32)26-29)30-14-6-3-7-15-30/h2-19,21-27H,20H2,1H3/b35-24+,45-43?,46-42?. The first-order valence-electron chi connectivity index (χ1n) is 16.3. The summed E-state index contributed by atoms with van der Waals surface area (Å²) < 4.78 is 8.47. The van der Waals surface area contributed by atoms with E-state index in [1.54, 1.807) is 0 Å². The Morgan fingerprint density at radius 1 is 0.646 bits per heavy atom. The second-order valence-electron chi connectivity index (χ2n) is 12.3. The summed E-state index contributed by atoms with van der Waals surface area (Å²) in [6.45, 7) is 2.24. The van der Waals surface area contributed by atoms with Gasteiger partial charge in [0.15, 0.2) is 5.84 Å². The Morgan fingerprint density at radius 2 is 1.35 bits per heavy atom. The van der Waals surface area contributed by atoms with Gasteiger partial charge in [-0.2, -0.15) is 0 Å². The number of allylic oxidation sites excluding steroid dienone is 1. The molecule has 0 bridgehead atoms. The average molecular weight is 640 g/mol. The van der Waals surface area contributed by atoms with Crippen molar-refractivity contribution >= 4 is 72.6 Å². The number of furan rings is 1. The molecule has 0 saturated carbocycles. The van der Waals surface area contributed by atoms with Crippen LogP contribution in [-0.4, -0.2) is 16.1 Å². The van der Waals surface area contributed by atoms with Crippen LogP contribution in [-0.2, 0) is 0 Å². The fourth-order valence-corrected chi connectivity index (χ4v) is 7.36. The maximum atomic E-state index is 7.19. The predicted molar refractivity (Wildman–Crippen MR) is 201 cm³/mol. The van der Waals surface area contributed by atoms with Gasteiger partial charge in [-0.25, -0.2) is 9.98 Å². The molecule has 0 N–H and O–H groups in total. The molecular weight excluding hydrogens is 610 g/mol. The van der Waals surface area contributed by atoms with Crippen molar-refractivity contribution in [3.63, 3.8) is 0 Å². The first-order chi connectivity index (χ1) is 23.6. The van der Waals surface area contributed by atoms with E-state index in [1.165, 1.54) is 16.3 Å². The molecule has 2 aromatic heterocycles. The Balaban J connectivity index is 1.23. The molecule has 5 heteroatoms. The minimum absolute atomic E-state index is 0.110. The molecule has 0 amide bonds. The molecule has 1 aliphatic heterocycles. The van der Waals surface area contributed by atoms with Crippen LogP contribution in [0, 0.1) is 5.92 Å². The van der Waals surface area contributed by atoms with Gasteiger partial charge in [-0.1, -0.05) is 122 Å². The summed E-state index contributed by atoms with van der Waals surface area (Å²) in [7, 11) is 0. The van der Waals surface area contributed by atoms with E-state index in [0.717, 1.165) is 67.7 Å². The van der Waals surface area contributed by atoms with Crippen molar-refractivity contribution in [2.24, 2.45) is 15.9 Å². The lowest BCUT2D eigenvalue weighted by Gasteiger charge is -2.19. The Labute approximate surface area is 282 Å². The SMILES string of the molecule is CC1C/C=C(\c2ccc3oc4ccccc4c3c2Cl)N=C(c2ccccc2)N=C1c1ccc2c3ccccc3n(-c3ccccc3)c2c1. The van der Waals surface area contributed by atoms with Gasteiger partial charge in [0.25, 0.3) is 0 Å². The zero-order chi connectivity index (χ0) is 32.2. The van der Waals surface area contributed by atoms with Crippen molar-refractivity contribution in [2.75, 3.05) is 0 Å². The van der Waals surface area contributed by atoms with Crippen molar-refractivity contribution in [2.45, 2.75) is 13.3 Å². The van der Waals surface area contributed by atoms with Gasteiger partial charge in [0.05, 0.1) is 27.5 Å². The van der Waals surface area contributed by atoms with Crippen molar-refractivity contribution in [1.29, 1.82) is 0 Å². The zero-order valence-electron chi connectivity index (χ0n) is 26.3. The highest BCUT2D eigenvalue weighted by Crippen LogP contribution is 2.40. The maximum absolute atomic E-state index is 7.19. The number of halogens is 1. The van der Waals surface area contributed by atoms with E-state index in [4.69, 9.17) is 26.0 Å². The summed E-state index contributed by atoms with van der Waals surface area (Å²) in [5.74, 6) is 0.763. The fourth-order valence-electron chi connectivity index (χ4n) is 7.00. The summed E-state index contributed by atoms with van der Waals surface area (Å²) >= 11 is 7.19. The molecule has 0 aliphatic carbocycles. The summed E-state index contributed by atoms with van der Waals surface area (Å²) in [5, 5.41) is 4.98. The van der Waals surface area contributed by atoms with Crippen LogP contribution in [0.25, 0.3) is 55.1 Å². The van der Waals surface area contributed by atoms with E-state index >= 15 is 0 Å². The second-order valence-corrected chi connectivity index (χ2v) is 12.7. The predicted octanol–water partition coefficient (Wildman–Crippen LogP) is 11.7. The van der Waals surface area contributed by atoms with E-state index in [0.29, 0.717) is 10.9 Å². The molecule has 1 atom stereocenters. The molecule has 1 unspecified atom stereocenters. The first kappa shape index (κ1) is 28.5. The number of hydrogen-bond donors (Lipinski definition) is 0. The van der Waals surface area contributed by atoms with E-state index in [2.05, 4.69) is 109 Å². The highest BCUT2D eigenvalue weighted by atomic mass is 35.5. The van der Waals surface area contributed by atoms with E-state index in [9.17, 15) is 0 Å². The minimum Gasteiger partial charge on any atom is -0.456 e. The lowest BCUT2D eigenvalue weighted by atomic mass is 9.92. The van der Waals surface area contributed by atoms with Crippen LogP contribution in [0.3, 0.4) is 0 Å². The van der Waals surface area contributed by atoms with Gasteiger partial charge in [-0.3, -0.25) is 0 Å². The molecule has 0 saturated heterocycles. The number of rotatable bonds is 4. The lowest BCUT2D eigenvalue weighted by Crippen LogP contribution is -2.17. The molecule has 48 heavy (non-hydrogen) atoms. The molecule has 0 fully saturated rings. The third-order valence-electron chi connectivity index (χ3n) is 9.36. The molecule has 9 rings (SSSR count). The second kappa shape index (κ2) is 11.5. The molecule has 8 aromatic rings. The summed E-state index contributed by atoms with van der Waals surface area (Å²) in [6, 6.07) is 48.1. The Morgan fingerprint density at radius 3 is 2.19 bits per heavy atom. The van der Waals surface area contributed by atoms with Crippen molar-refractivity contribution in [3.05, 3.63) is 167 Å². The summed E-state index contributed by atoms with van der Waals surface area (Å²) in [6.07, 6.45) is 2.96. The molecule has 3 heterocycles. The average Bonchev–Trinajstić information content (AvgIpc) is 3.67. The monoisotopic (exact) mass is 639 g/mol. The minimum atomic E-state index is 0.110. The first-order valence-corrected chi connectivity index (χ1v) is 16.6. The van der Waals surface area contributed by atoms with E-state index < -0.39 is 0 Å². The van der Waals surface area contributed by atoms with Gasteiger partial charge in [-0.15, -0.1) is 0 Å². The highest BCUT2D eigenvalue weighted by Gasteiger charge is 2.22. The molecule has 230 valence electrons. The number of aliphatic imine (C=N–C) groups is 2. The molecule has 0 radical (unpaired) electrons. The van der Waals surface area contributed by atoms with Crippen LogP contribution < -0.4 is 0 Å². The van der Waals surface area contributed by atoms with Crippen LogP contribution in [0.1, 0.15) is 30.0 Å². The third kappa shape index (κ3) is 4.68. The van der Waals surface area contributed by atoms with Crippen LogP contribution in [0.2, 0.25) is 5.02 Å². The van der Waals surface area contributed by atoms with E-state index in [1.807, 2.05) is 48.5 Å². The topological polar surface area (TPSA) is 42.8 Å². The summed E-state index contributed by atoms with van der Waals surface area (Å²) in [5.41, 5.74) is 9.75. The number of amidine groups is 1. The Bertz CT molecular complexity index is 2610. The smallest absolute Gasteiger partial charge is 0.160 e. The van der Waals surface area contributed by atoms with Gasteiger partial charge in [0.2, 0.25) is 0 Å². The number of hydrogen-bond acceptors (Lipinski definition) is 3. The van der Waals surface area contributed by atoms with Gasteiger partial charge in [0, 0.05) is 44.3 Å². The molecule has 0 spiro atoms. The lowest BCUT2D eigenvalue weighted by molar-refractivity contribution is 0.669. The van der Waals surface area contributed by atoms with Crippen LogP contribution in [0.4, 0.5) is 0 Å². The fraction of sp³-hybridized carbons (Fsp3) is 0.0698. The number of aromatic nitrogens is 1. The molecule has 1 aliphatic rings. The third-order valence-corrected chi connectivity index (χ3v) is 9.75. The van der Waals surface area contributed by atoms with Gasteiger partial charge in [0.1, 0.15) is 11.2 Å². The molecule has 4 nitrogen and oxygen atoms in total. The number of benzene rings is 6. The molecular formula is C43H30ClN3O. The zero-order valence-corrected chi connectivity index (χ0v) is 27.0. The van der Waals surface area contributed by atoms with Crippen molar-refractivity contribution in [3.8, 4) is 5.69 Å². The quantitative estimate of drug-likeness (QED) is 0.189. The number of para-hydroxylation sites is 3. The normalized spacial score (nSPS) is 16.5. The van der Waals surface area contributed by atoms with Crippen LogP contribution in [0.15, 0.2) is 160 Å². The number of fused-ring (bicyclic) bond motifs is 6. The van der Waals surface area contributed by atoms with Crippen LogP contribution in [0.5, 0.6) is 0 Å². The van der Waals surface area contributed by atoms with Gasteiger partial charge >= 0.3 is 0 Å². The van der Waals surface area contributed by atoms with Gasteiger partial charge in [-0.05, 0) is 54.4 Å². The van der Waals surface area contributed by atoms with Crippen molar-refractivity contribution in [1.82, 2.24) is 4.57 Å². The van der Waals surface area contributed by atoms with Gasteiger partial charge < -0.3 is 8.98 Å².